The van der Waals surface area contributed by atoms with Crippen molar-refractivity contribution in [3.63, 3.8) is 0 Å². The van der Waals surface area contributed by atoms with Crippen LogP contribution in [0.4, 0.5) is 5.69 Å². The zero-order valence-electron chi connectivity index (χ0n) is 12.7. The predicted molar refractivity (Wildman–Crippen MR) is 92.8 cm³/mol. The van der Waals surface area contributed by atoms with Crippen LogP contribution in [0, 0.1) is 5.92 Å². The smallest absolute Gasteiger partial charge is 0.251 e. The second kappa shape index (κ2) is 8.41. The highest BCUT2D eigenvalue weighted by molar-refractivity contribution is 8.00. The molecule has 22 heavy (non-hydrogen) atoms. The summed E-state index contributed by atoms with van der Waals surface area (Å²) in [5, 5.41) is 5.74. The third-order valence-electron chi connectivity index (χ3n) is 3.25. The molecule has 4 N–H and O–H groups in total. The molecule has 1 aromatic rings. The molecule has 1 aliphatic rings. The van der Waals surface area contributed by atoms with E-state index in [4.69, 9.17) is 5.73 Å². The summed E-state index contributed by atoms with van der Waals surface area (Å²) in [4.78, 5) is 24.7. The van der Waals surface area contributed by atoms with Gasteiger partial charge < -0.3 is 16.4 Å². The van der Waals surface area contributed by atoms with Gasteiger partial charge in [0.15, 0.2) is 0 Å². The molecule has 0 saturated carbocycles. The molecule has 0 radical (unpaired) electrons. The lowest BCUT2D eigenvalue weighted by Gasteiger charge is -2.20. The van der Waals surface area contributed by atoms with E-state index in [1.165, 1.54) is 11.8 Å². The number of halogens is 1. The Balaban J connectivity index is 0.00000242. The molecule has 0 saturated heterocycles. The Morgan fingerprint density at radius 3 is 2.82 bits per heavy atom. The number of hydrogen-bond acceptors (Lipinski definition) is 4. The highest BCUT2D eigenvalue weighted by atomic mass is 35.5. The summed E-state index contributed by atoms with van der Waals surface area (Å²) in [6.07, 6.45) is 0.847. The maximum absolute atomic E-state index is 12.3. The largest absolute Gasteiger partial charge is 0.348 e. The van der Waals surface area contributed by atoms with Gasteiger partial charge in [0.25, 0.3) is 5.91 Å². The minimum absolute atomic E-state index is 0. The number of anilines is 1. The van der Waals surface area contributed by atoms with Crippen molar-refractivity contribution in [2.75, 3.05) is 17.6 Å². The standard InChI is InChI=1S/C15H21N3O2S.ClH/c1-9(2)5-11(7-16)17-15(20)10-3-4-13-12(6-10)18-14(19)8-21-13;/h3-4,6,9,11H,5,7-8,16H2,1-2H3,(H,17,20)(H,18,19);1H. The lowest BCUT2D eigenvalue weighted by Crippen LogP contribution is -2.41. The summed E-state index contributed by atoms with van der Waals surface area (Å²) in [7, 11) is 0. The summed E-state index contributed by atoms with van der Waals surface area (Å²) in [5.41, 5.74) is 6.95. The summed E-state index contributed by atoms with van der Waals surface area (Å²) in [5.74, 6) is 0.698. The average molecular weight is 344 g/mol. The molecule has 1 aliphatic heterocycles. The van der Waals surface area contributed by atoms with Gasteiger partial charge in [0.2, 0.25) is 5.91 Å². The number of carbonyl (C=O) groups is 2. The Morgan fingerprint density at radius 1 is 1.45 bits per heavy atom. The SMILES string of the molecule is CC(C)CC(CN)NC(=O)c1ccc2c(c1)NC(=O)CS2.Cl. The van der Waals surface area contributed by atoms with E-state index in [1.54, 1.807) is 12.1 Å². The zero-order valence-corrected chi connectivity index (χ0v) is 14.4. The zero-order chi connectivity index (χ0) is 15.4. The number of nitrogens with two attached hydrogens (primary N) is 1. The Labute approximate surface area is 141 Å². The van der Waals surface area contributed by atoms with E-state index < -0.39 is 0 Å². The molecular formula is C15H22ClN3O2S. The Hall–Kier alpha value is -1.24. The molecular weight excluding hydrogens is 322 g/mol. The van der Waals surface area contributed by atoms with Crippen LogP contribution in [0.3, 0.4) is 0 Å². The van der Waals surface area contributed by atoms with Crippen molar-refractivity contribution in [2.24, 2.45) is 11.7 Å². The molecule has 0 aliphatic carbocycles. The molecule has 2 amide bonds. The van der Waals surface area contributed by atoms with Crippen LogP contribution >= 0.6 is 24.2 Å². The van der Waals surface area contributed by atoms with Gasteiger partial charge in [-0.05, 0) is 30.5 Å². The van der Waals surface area contributed by atoms with Crippen molar-refractivity contribution < 1.29 is 9.59 Å². The molecule has 1 unspecified atom stereocenters. The molecule has 7 heteroatoms. The molecule has 5 nitrogen and oxygen atoms in total. The first-order chi connectivity index (χ1) is 9.99. The number of carbonyl (C=O) groups excluding carboxylic acids is 2. The number of hydrogen-bond donors (Lipinski definition) is 3. The normalized spacial score (nSPS) is 14.6. The Bertz CT molecular complexity index is 552. The van der Waals surface area contributed by atoms with Crippen molar-refractivity contribution in [3.05, 3.63) is 23.8 Å². The van der Waals surface area contributed by atoms with Gasteiger partial charge in [0.05, 0.1) is 11.4 Å². The van der Waals surface area contributed by atoms with Gasteiger partial charge in [-0.15, -0.1) is 24.2 Å². The van der Waals surface area contributed by atoms with E-state index >= 15 is 0 Å². The number of benzene rings is 1. The third-order valence-corrected chi connectivity index (χ3v) is 4.32. The van der Waals surface area contributed by atoms with Gasteiger partial charge in [-0.3, -0.25) is 9.59 Å². The third kappa shape index (κ3) is 4.90. The van der Waals surface area contributed by atoms with E-state index in [-0.39, 0.29) is 30.3 Å². The van der Waals surface area contributed by atoms with Crippen LogP contribution in [0.2, 0.25) is 0 Å². The van der Waals surface area contributed by atoms with E-state index in [9.17, 15) is 9.59 Å². The van der Waals surface area contributed by atoms with E-state index in [0.717, 1.165) is 11.3 Å². The number of rotatable bonds is 5. The average Bonchev–Trinajstić information content (AvgIpc) is 2.45. The van der Waals surface area contributed by atoms with Crippen LogP contribution < -0.4 is 16.4 Å². The van der Waals surface area contributed by atoms with E-state index in [0.29, 0.717) is 29.5 Å². The van der Waals surface area contributed by atoms with Crippen LogP contribution in [-0.4, -0.2) is 30.2 Å². The molecule has 0 spiro atoms. The van der Waals surface area contributed by atoms with E-state index in [2.05, 4.69) is 24.5 Å². The molecule has 1 aromatic carbocycles. The van der Waals surface area contributed by atoms with Crippen molar-refractivity contribution in [1.29, 1.82) is 0 Å². The molecule has 1 atom stereocenters. The van der Waals surface area contributed by atoms with Crippen LogP contribution in [0.1, 0.15) is 30.6 Å². The fourth-order valence-corrected chi connectivity index (χ4v) is 3.06. The first-order valence-corrected chi connectivity index (χ1v) is 8.05. The fourth-order valence-electron chi connectivity index (χ4n) is 2.28. The van der Waals surface area contributed by atoms with Crippen LogP contribution in [0.25, 0.3) is 0 Å². The number of nitrogens with one attached hydrogen (secondary N) is 2. The Kier molecular flexibility index (Phi) is 7.19. The minimum atomic E-state index is -0.154. The second-order valence-corrected chi connectivity index (χ2v) is 6.60. The predicted octanol–water partition coefficient (Wildman–Crippen LogP) is 2.26. The highest BCUT2D eigenvalue weighted by Crippen LogP contribution is 2.31. The van der Waals surface area contributed by atoms with Gasteiger partial charge in [0, 0.05) is 23.0 Å². The first kappa shape index (κ1) is 18.8. The van der Waals surface area contributed by atoms with E-state index in [1.807, 2.05) is 6.07 Å². The Morgan fingerprint density at radius 2 is 2.18 bits per heavy atom. The van der Waals surface area contributed by atoms with Gasteiger partial charge in [-0.2, -0.15) is 0 Å². The molecule has 0 bridgehead atoms. The van der Waals surface area contributed by atoms with Gasteiger partial charge in [0.1, 0.15) is 0 Å². The number of thioether (sulfide) groups is 1. The summed E-state index contributed by atoms with van der Waals surface area (Å²) in [6.45, 7) is 4.61. The second-order valence-electron chi connectivity index (χ2n) is 5.58. The summed E-state index contributed by atoms with van der Waals surface area (Å²) >= 11 is 1.48. The van der Waals surface area contributed by atoms with Crippen LogP contribution in [-0.2, 0) is 4.79 Å². The maximum Gasteiger partial charge on any atom is 0.251 e. The number of fused-ring (bicyclic) bond motifs is 1. The quantitative estimate of drug-likeness (QED) is 0.765. The van der Waals surface area contributed by atoms with Gasteiger partial charge in [-0.1, -0.05) is 13.8 Å². The minimum Gasteiger partial charge on any atom is -0.348 e. The fraction of sp³-hybridized carbons (Fsp3) is 0.467. The van der Waals surface area contributed by atoms with Crippen molar-refractivity contribution in [2.45, 2.75) is 31.2 Å². The van der Waals surface area contributed by atoms with Gasteiger partial charge in [-0.25, -0.2) is 0 Å². The van der Waals surface area contributed by atoms with Gasteiger partial charge >= 0.3 is 0 Å². The van der Waals surface area contributed by atoms with Crippen molar-refractivity contribution >= 4 is 41.7 Å². The number of amides is 2. The lowest BCUT2D eigenvalue weighted by atomic mass is 10.0. The topological polar surface area (TPSA) is 84.2 Å². The molecule has 0 aromatic heterocycles. The monoisotopic (exact) mass is 343 g/mol. The summed E-state index contributed by atoms with van der Waals surface area (Å²) in [6, 6.07) is 5.34. The summed E-state index contributed by atoms with van der Waals surface area (Å²) < 4.78 is 0. The van der Waals surface area contributed by atoms with Crippen molar-refractivity contribution in [3.8, 4) is 0 Å². The van der Waals surface area contributed by atoms with Crippen LogP contribution in [0.15, 0.2) is 23.1 Å². The first-order valence-electron chi connectivity index (χ1n) is 7.07. The molecule has 1 heterocycles. The highest BCUT2D eigenvalue weighted by Gasteiger charge is 2.19. The lowest BCUT2D eigenvalue weighted by molar-refractivity contribution is -0.113. The molecule has 122 valence electrons. The molecule has 0 fully saturated rings. The molecule has 2 rings (SSSR count). The van der Waals surface area contributed by atoms with Crippen molar-refractivity contribution in [1.82, 2.24) is 5.32 Å². The maximum atomic E-state index is 12.3. The van der Waals surface area contributed by atoms with Crippen LogP contribution in [0.5, 0.6) is 0 Å².